The van der Waals surface area contributed by atoms with Gasteiger partial charge < -0.3 is 20.8 Å². The van der Waals surface area contributed by atoms with Crippen LogP contribution in [0.25, 0.3) is 0 Å². The van der Waals surface area contributed by atoms with Crippen molar-refractivity contribution in [3.8, 4) is 0 Å². The van der Waals surface area contributed by atoms with Crippen molar-refractivity contribution in [3.63, 3.8) is 0 Å². The molecule has 2 aliphatic rings. The number of hydrogen-bond donors (Lipinski definition) is 4. The fourth-order valence-electron chi connectivity index (χ4n) is 3.84. The van der Waals surface area contributed by atoms with E-state index in [4.69, 9.17) is 0 Å². The predicted molar refractivity (Wildman–Crippen MR) is 96.5 cm³/mol. The van der Waals surface area contributed by atoms with E-state index in [2.05, 4.69) is 27.7 Å². The number of hydrogen-bond acceptors (Lipinski definition) is 5. The molecule has 1 saturated heterocycles. The van der Waals surface area contributed by atoms with Crippen LogP contribution in [0.15, 0.2) is 24.3 Å². The molecule has 0 spiro atoms. The van der Waals surface area contributed by atoms with Gasteiger partial charge in [0.25, 0.3) is 0 Å². The normalized spacial score (nSPS) is 21.3. The molecule has 1 heterocycles. The minimum absolute atomic E-state index is 0.00820. The molecule has 1 aromatic carbocycles. The summed E-state index contributed by atoms with van der Waals surface area (Å²) in [5.41, 5.74) is 1.52. The van der Waals surface area contributed by atoms with Crippen molar-refractivity contribution < 1.29 is 19.8 Å². The molecule has 7 heteroatoms. The summed E-state index contributed by atoms with van der Waals surface area (Å²) in [6.45, 7) is 2.12. The maximum Gasteiger partial charge on any atom is 0.237 e. The summed E-state index contributed by atoms with van der Waals surface area (Å²) in [6, 6.07) is 7.96. The predicted octanol–water partition coefficient (Wildman–Crippen LogP) is -0.796. The zero-order valence-corrected chi connectivity index (χ0v) is 15.1. The number of rotatable bonds is 6. The van der Waals surface area contributed by atoms with Crippen LogP contribution in [0.1, 0.15) is 24.5 Å². The molecule has 1 fully saturated rings. The Morgan fingerprint density at radius 1 is 1.27 bits per heavy atom. The van der Waals surface area contributed by atoms with E-state index in [0.717, 1.165) is 12.8 Å². The largest absolute Gasteiger partial charge is 0.394 e. The Hall–Kier alpha value is -1.96. The molecule has 0 saturated carbocycles. The van der Waals surface area contributed by atoms with Crippen molar-refractivity contribution >= 4 is 11.8 Å². The standard InChI is InChI=1S/C19H27N3O4/c1-19(11-23,12-24)21-17(25)10-16-18(26)20-6-7-22(16)15-8-13-4-2-3-5-14(13)9-15/h2-5,15-16,23-24H,6-12H2,1H3,(H,20,26)(H,21,25)/t16-/m0/s1. The van der Waals surface area contributed by atoms with Gasteiger partial charge in [-0.05, 0) is 30.9 Å². The van der Waals surface area contributed by atoms with E-state index in [1.54, 1.807) is 6.92 Å². The van der Waals surface area contributed by atoms with Crippen LogP contribution < -0.4 is 10.6 Å². The van der Waals surface area contributed by atoms with E-state index in [-0.39, 0.29) is 37.5 Å². The SMILES string of the molecule is CC(CO)(CO)NC(=O)C[C@H]1C(=O)NCCN1C1Cc2ccccc2C1. The molecule has 7 nitrogen and oxygen atoms in total. The van der Waals surface area contributed by atoms with Crippen molar-refractivity contribution in [1.29, 1.82) is 0 Å². The molecule has 3 rings (SSSR count). The van der Waals surface area contributed by atoms with Gasteiger partial charge in [-0.1, -0.05) is 24.3 Å². The Balaban J connectivity index is 1.70. The third-order valence-electron chi connectivity index (χ3n) is 5.39. The Kier molecular flexibility index (Phi) is 5.60. The van der Waals surface area contributed by atoms with Crippen molar-refractivity contribution in [2.75, 3.05) is 26.3 Å². The van der Waals surface area contributed by atoms with Crippen molar-refractivity contribution in [2.24, 2.45) is 0 Å². The second kappa shape index (κ2) is 7.73. The minimum Gasteiger partial charge on any atom is -0.394 e. The van der Waals surface area contributed by atoms with E-state index in [9.17, 15) is 19.8 Å². The average molecular weight is 361 g/mol. The Morgan fingerprint density at radius 2 is 1.88 bits per heavy atom. The molecular formula is C19H27N3O4. The fraction of sp³-hybridized carbons (Fsp3) is 0.579. The lowest BCUT2D eigenvalue weighted by Gasteiger charge is -2.39. The van der Waals surface area contributed by atoms with Gasteiger partial charge in [0.1, 0.15) is 0 Å². The fourth-order valence-corrected chi connectivity index (χ4v) is 3.84. The minimum atomic E-state index is -1.09. The lowest BCUT2D eigenvalue weighted by atomic mass is 10.0. The van der Waals surface area contributed by atoms with Gasteiger partial charge in [-0.15, -0.1) is 0 Å². The summed E-state index contributed by atoms with van der Waals surface area (Å²) in [5.74, 6) is -0.491. The van der Waals surface area contributed by atoms with Crippen LogP contribution in [0.2, 0.25) is 0 Å². The van der Waals surface area contributed by atoms with Gasteiger partial charge in [0, 0.05) is 19.1 Å². The number of nitrogens with one attached hydrogen (secondary N) is 2. The third-order valence-corrected chi connectivity index (χ3v) is 5.39. The van der Waals surface area contributed by atoms with Crippen LogP contribution in [0.3, 0.4) is 0 Å². The van der Waals surface area contributed by atoms with E-state index in [1.165, 1.54) is 11.1 Å². The van der Waals surface area contributed by atoms with E-state index < -0.39 is 11.6 Å². The summed E-state index contributed by atoms with van der Waals surface area (Å²) >= 11 is 0. The van der Waals surface area contributed by atoms with Gasteiger partial charge in [0.15, 0.2) is 0 Å². The monoisotopic (exact) mass is 361 g/mol. The van der Waals surface area contributed by atoms with Crippen LogP contribution in [0.4, 0.5) is 0 Å². The first-order valence-electron chi connectivity index (χ1n) is 9.09. The molecule has 142 valence electrons. The van der Waals surface area contributed by atoms with Gasteiger partial charge in [-0.25, -0.2) is 0 Å². The number of aliphatic hydroxyl groups excluding tert-OH is 2. The molecule has 0 radical (unpaired) electrons. The summed E-state index contributed by atoms with van der Waals surface area (Å²) < 4.78 is 0. The van der Waals surface area contributed by atoms with Crippen molar-refractivity contribution in [1.82, 2.24) is 15.5 Å². The number of benzene rings is 1. The van der Waals surface area contributed by atoms with Crippen LogP contribution in [-0.4, -0.2) is 70.9 Å². The molecule has 2 amide bonds. The maximum absolute atomic E-state index is 12.4. The highest BCUT2D eigenvalue weighted by atomic mass is 16.3. The highest BCUT2D eigenvalue weighted by molar-refractivity contribution is 5.89. The molecule has 1 atom stereocenters. The van der Waals surface area contributed by atoms with Crippen LogP contribution >= 0.6 is 0 Å². The van der Waals surface area contributed by atoms with Crippen molar-refractivity contribution in [3.05, 3.63) is 35.4 Å². The second-order valence-corrected chi connectivity index (χ2v) is 7.50. The van der Waals surface area contributed by atoms with Crippen LogP contribution in [0.5, 0.6) is 0 Å². The molecule has 1 aliphatic carbocycles. The number of nitrogens with zero attached hydrogens (tertiary/aromatic N) is 1. The first-order chi connectivity index (χ1) is 12.5. The molecule has 4 N–H and O–H groups in total. The smallest absolute Gasteiger partial charge is 0.237 e. The topological polar surface area (TPSA) is 102 Å². The first kappa shape index (κ1) is 18.8. The van der Waals surface area contributed by atoms with Gasteiger partial charge in [-0.2, -0.15) is 0 Å². The van der Waals surface area contributed by atoms with Gasteiger partial charge >= 0.3 is 0 Å². The van der Waals surface area contributed by atoms with Crippen LogP contribution in [0, 0.1) is 0 Å². The quantitative estimate of drug-likeness (QED) is 0.532. The molecule has 1 aromatic rings. The molecular weight excluding hydrogens is 334 g/mol. The number of carbonyl (C=O) groups excluding carboxylic acids is 2. The number of amides is 2. The second-order valence-electron chi connectivity index (χ2n) is 7.50. The highest BCUT2D eigenvalue weighted by Gasteiger charge is 2.38. The zero-order chi connectivity index (χ0) is 18.7. The maximum atomic E-state index is 12.4. The Morgan fingerprint density at radius 3 is 2.46 bits per heavy atom. The Labute approximate surface area is 153 Å². The van der Waals surface area contributed by atoms with Gasteiger partial charge in [-0.3, -0.25) is 14.5 Å². The number of fused-ring (bicyclic) bond motifs is 1. The van der Waals surface area contributed by atoms with E-state index in [0.29, 0.717) is 13.1 Å². The molecule has 0 aromatic heterocycles. The molecule has 0 bridgehead atoms. The zero-order valence-electron chi connectivity index (χ0n) is 15.1. The average Bonchev–Trinajstić information content (AvgIpc) is 3.07. The van der Waals surface area contributed by atoms with Gasteiger partial charge in [0.2, 0.25) is 11.8 Å². The first-order valence-corrected chi connectivity index (χ1v) is 9.09. The highest BCUT2D eigenvalue weighted by Crippen LogP contribution is 2.28. The molecule has 1 aliphatic heterocycles. The lowest BCUT2D eigenvalue weighted by Crippen LogP contribution is -2.61. The summed E-state index contributed by atoms with van der Waals surface area (Å²) in [6.07, 6.45) is 1.77. The third kappa shape index (κ3) is 3.90. The number of piperazine rings is 1. The van der Waals surface area contributed by atoms with Crippen molar-refractivity contribution in [2.45, 2.75) is 43.8 Å². The number of aliphatic hydroxyl groups is 2. The molecule has 0 unspecified atom stereocenters. The summed E-state index contributed by atoms with van der Waals surface area (Å²) in [4.78, 5) is 27.0. The van der Waals surface area contributed by atoms with Crippen LogP contribution in [-0.2, 0) is 22.4 Å². The number of carbonyl (C=O) groups is 2. The molecule has 26 heavy (non-hydrogen) atoms. The van der Waals surface area contributed by atoms with E-state index in [1.807, 2.05) is 12.1 Å². The Bertz CT molecular complexity index is 650. The van der Waals surface area contributed by atoms with Gasteiger partial charge in [0.05, 0.1) is 31.2 Å². The van der Waals surface area contributed by atoms with E-state index >= 15 is 0 Å². The summed E-state index contributed by atoms with van der Waals surface area (Å²) in [7, 11) is 0. The summed E-state index contributed by atoms with van der Waals surface area (Å²) in [5, 5.41) is 24.2. The lowest BCUT2D eigenvalue weighted by molar-refractivity contribution is -0.136.